The van der Waals surface area contributed by atoms with Crippen LogP contribution >= 0.6 is 11.3 Å². The molecule has 1 aromatic rings. The van der Waals surface area contributed by atoms with Crippen LogP contribution < -0.4 is 5.48 Å². The quantitative estimate of drug-likeness (QED) is 0.625. The molecule has 1 heterocycles. The lowest BCUT2D eigenvalue weighted by Gasteiger charge is -1.84. The van der Waals surface area contributed by atoms with Gasteiger partial charge in [0, 0.05) is 11.1 Å². The van der Waals surface area contributed by atoms with Crippen molar-refractivity contribution in [1.29, 1.82) is 5.26 Å². The SMILES string of the molecule is N#CCc1cnc(NO)s1. The number of hydrogen-bond donors (Lipinski definition) is 2. The van der Waals surface area contributed by atoms with E-state index in [4.69, 9.17) is 10.5 Å². The summed E-state index contributed by atoms with van der Waals surface area (Å²) < 4.78 is 0. The Balaban J connectivity index is 2.70. The van der Waals surface area contributed by atoms with Crippen molar-refractivity contribution in [2.45, 2.75) is 6.42 Å². The van der Waals surface area contributed by atoms with Gasteiger partial charge >= 0.3 is 0 Å². The second kappa shape index (κ2) is 3.15. The Morgan fingerprint density at radius 2 is 2.70 bits per heavy atom. The van der Waals surface area contributed by atoms with Crippen molar-refractivity contribution in [1.82, 2.24) is 4.98 Å². The molecule has 5 heteroatoms. The van der Waals surface area contributed by atoms with E-state index in [1.165, 1.54) is 11.3 Å². The number of aromatic nitrogens is 1. The van der Waals surface area contributed by atoms with Gasteiger partial charge in [0.1, 0.15) is 0 Å². The van der Waals surface area contributed by atoms with E-state index in [0.29, 0.717) is 11.6 Å². The first-order valence-electron chi connectivity index (χ1n) is 2.58. The molecule has 52 valence electrons. The summed E-state index contributed by atoms with van der Waals surface area (Å²) in [5, 5.41) is 17.0. The van der Waals surface area contributed by atoms with Crippen molar-refractivity contribution in [3.05, 3.63) is 11.1 Å². The highest BCUT2D eigenvalue weighted by Crippen LogP contribution is 2.16. The highest BCUT2D eigenvalue weighted by molar-refractivity contribution is 7.15. The predicted molar refractivity (Wildman–Crippen MR) is 36.8 cm³/mol. The zero-order valence-electron chi connectivity index (χ0n) is 5.03. The summed E-state index contributed by atoms with van der Waals surface area (Å²) in [5.41, 5.74) is 1.90. The standard InChI is InChI=1S/C5H5N3OS/c6-2-1-4-3-7-5(8-9)10-4/h3,9H,1H2,(H,7,8). The highest BCUT2D eigenvalue weighted by Gasteiger charge is 1.97. The van der Waals surface area contributed by atoms with Gasteiger partial charge in [-0.25, -0.2) is 10.5 Å². The summed E-state index contributed by atoms with van der Waals surface area (Å²) in [6.07, 6.45) is 1.91. The van der Waals surface area contributed by atoms with Gasteiger partial charge in [-0.15, -0.1) is 0 Å². The summed E-state index contributed by atoms with van der Waals surface area (Å²) in [6.45, 7) is 0. The number of thiazole rings is 1. The Kier molecular flexibility index (Phi) is 2.20. The summed E-state index contributed by atoms with van der Waals surface area (Å²) in [6, 6.07) is 1.98. The molecule has 0 aromatic carbocycles. The second-order valence-corrected chi connectivity index (χ2v) is 2.69. The number of nitrogens with one attached hydrogen (secondary N) is 1. The lowest BCUT2D eigenvalue weighted by atomic mass is 10.4. The minimum Gasteiger partial charge on any atom is -0.289 e. The van der Waals surface area contributed by atoms with Crippen LogP contribution in [0.2, 0.25) is 0 Å². The smallest absolute Gasteiger partial charge is 0.206 e. The van der Waals surface area contributed by atoms with Crippen molar-refractivity contribution in [2.75, 3.05) is 5.48 Å². The van der Waals surface area contributed by atoms with Gasteiger partial charge in [-0.1, -0.05) is 11.3 Å². The van der Waals surface area contributed by atoms with E-state index < -0.39 is 0 Å². The lowest BCUT2D eigenvalue weighted by Crippen LogP contribution is -1.84. The Labute approximate surface area is 61.7 Å². The largest absolute Gasteiger partial charge is 0.289 e. The van der Waals surface area contributed by atoms with E-state index in [2.05, 4.69) is 4.98 Å². The summed E-state index contributed by atoms with van der Waals surface area (Å²) in [5.74, 6) is 0. The molecular formula is C5H5N3OS. The molecule has 0 saturated heterocycles. The van der Waals surface area contributed by atoms with Crippen molar-refractivity contribution >= 4 is 16.5 Å². The third-order valence-electron chi connectivity index (χ3n) is 0.902. The highest BCUT2D eigenvalue weighted by atomic mass is 32.1. The fourth-order valence-electron chi connectivity index (χ4n) is 0.519. The number of hydrogen-bond acceptors (Lipinski definition) is 5. The zero-order valence-corrected chi connectivity index (χ0v) is 5.85. The molecule has 4 nitrogen and oxygen atoms in total. The van der Waals surface area contributed by atoms with Crippen LogP contribution in [-0.4, -0.2) is 10.2 Å². The van der Waals surface area contributed by atoms with Gasteiger partial charge < -0.3 is 0 Å². The Hall–Kier alpha value is -1.12. The van der Waals surface area contributed by atoms with Crippen LogP contribution in [-0.2, 0) is 6.42 Å². The van der Waals surface area contributed by atoms with Gasteiger partial charge in [0.15, 0.2) is 0 Å². The molecule has 0 radical (unpaired) electrons. The van der Waals surface area contributed by atoms with Crippen molar-refractivity contribution in [3.63, 3.8) is 0 Å². The lowest BCUT2D eigenvalue weighted by molar-refractivity contribution is 0.388. The topological polar surface area (TPSA) is 68.9 Å². The molecule has 2 N–H and O–H groups in total. The molecule has 0 atom stereocenters. The van der Waals surface area contributed by atoms with E-state index in [0.717, 1.165) is 4.88 Å². The van der Waals surface area contributed by atoms with Crippen LogP contribution in [0.3, 0.4) is 0 Å². The van der Waals surface area contributed by atoms with Crippen LogP contribution in [0.25, 0.3) is 0 Å². The maximum absolute atomic E-state index is 8.33. The molecule has 0 aliphatic heterocycles. The predicted octanol–water partition coefficient (Wildman–Crippen LogP) is 1.01. The average Bonchev–Trinajstić information content (AvgIpc) is 2.37. The van der Waals surface area contributed by atoms with Crippen LogP contribution in [0.1, 0.15) is 4.88 Å². The van der Waals surface area contributed by atoms with E-state index in [9.17, 15) is 0 Å². The molecule has 0 spiro atoms. The second-order valence-electron chi connectivity index (χ2n) is 1.58. The summed E-state index contributed by atoms with van der Waals surface area (Å²) >= 11 is 1.26. The van der Waals surface area contributed by atoms with Crippen molar-refractivity contribution in [3.8, 4) is 6.07 Å². The monoisotopic (exact) mass is 155 g/mol. The molecule has 0 amide bonds. The minimum absolute atomic E-state index is 0.347. The van der Waals surface area contributed by atoms with Crippen LogP contribution in [0.4, 0.5) is 5.13 Å². The Bertz CT molecular complexity index is 252. The molecule has 1 rings (SSSR count). The third-order valence-corrected chi connectivity index (χ3v) is 1.80. The number of nitriles is 1. The normalized spacial score (nSPS) is 8.80. The molecule has 1 aromatic heterocycles. The van der Waals surface area contributed by atoms with Crippen molar-refractivity contribution in [2.24, 2.45) is 0 Å². The molecule has 10 heavy (non-hydrogen) atoms. The molecule has 0 fully saturated rings. The molecular weight excluding hydrogens is 150 g/mol. The molecule has 0 aliphatic rings. The van der Waals surface area contributed by atoms with Crippen LogP contribution in [0, 0.1) is 11.3 Å². The first kappa shape index (κ1) is 6.99. The number of anilines is 1. The maximum Gasteiger partial charge on any atom is 0.206 e. The fraction of sp³-hybridized carbons (Fsp3) is 0.200. The molecule has 0 saturated carbocycles. The average molecular weight is 155 g/mol. The van der Waals surface area contributed by atoms with Gasteiger partial charge in [-0.05, 0) is 0 Å². The van der Waals surface area contributed by atoms with E-state index in [-0.39, 0.29) is 0 Å². The first-order chi connectivity index (χ1) is 4.86. The Morgan fingerprint density at radius 3 is 3.20 bits per heavy atom. The third kappa shape index (κ3) is 1.43. The number of rotatable bonds is 2. The van der Waals surface area contributed by atoms with Gasteiger partial charge in [-0.3, -0.25) is 5.21 Å². The van der Waals surface area contributed by atoms with Crippen LogP contribution in [0.15, 0.2) is 6.20 Å². The van der Waals surface area contributed by atoms with Gasteiger partial charge in [0.25, 0.3) is 0 Å². The summed E-state index contributed by atoms with van der Waals surface area (Å²) in [7, 11) is 0. The van der Waals surface area contributed by atoms with Gasteiger partial charge in [0.05, 0.1) is 12.5 Å². The number of nitrogens with zero attached hydrogens (tertiary/aromatic N) is 2. The fourth-order valence-corrected chi connectivity index (χ4v) is 1.16. The van der Waals surface area contributed by atoms with Crippen LogP contribution in [0.5, 0.6) is 0 Å². The Morgan fingerprint density at radius 1 is 1.90 bits per heavy atom. The van der Waals surface area contributed by atoms with Gasteiger partial charge in [0.2, 0.25) is 5.13 Å². The van der Waals surface area contributed by atoms with E-state index in [1.807, 2.05) is 11.5 Å². The van der Waals surface area contributed by atoms with Gasteiger partial charge in [-0.2, -0.15) is 5.26 Å². The minimum atomic E-state index is 0.347. The summed E-state index contributed by atoms with van der Waals surface area (Å²) in [4.78, 5) is 4.61. The van der Waals surface area contributed by atoms with E-state index in [1.54, 1.807) is 6.20 Å². The molecule has 0 unspecified atom stereocenters. The molecule has 0 aliphatic carbocycles. The maximum atomic E-state index is 8.33. The van der Waals surface area contributed by atoms with E-state index >= 15 is 0 Å². The zero-order chi connectivity index (χ0) is 7.40. The van der Waals surface area contributed by atoms with Crippen molar-refractivity contribution < 1.29 is 5.21 Å². The first-order valence-corrected chi connectivity index (χ1v) is 3.40. The molecule has 0 bridgehead atoms.